The topological polar surface area (TPSA) is 52.6 Å². The SMILES string of the molecule is CC1Cc2ccccc2N1CC(C)(NC1CC1)C(=O)O. The van der Waals surface area contributed by atoms with Gasteiger partial charge in [-0.3, -0.25) is 10.1 Å². The van der Waals surface area contributed by atoms with Crippen LogP contribution in [0.1, 0.15) is 32.3 Å². The molecule has 2 unspecified atom stereocenters. The van der Waals surface area contributed by atoms with E-state index in [0.717, 1.165) is 19.3 Å². The predicted molar refractivity (Wildman–Crippen MR) is 79.2 cm³/mol. The number of nitrogens with one attached hydrogen (secondary N) is 1. The zero-order chi connectivity index (χ0) is 14.3. The van der Waals surface area contributed by atoms with Gasteiger partial charge in [0.25, 0.3) is 0 Å². The number of carboxylic acid groups (broad SMARTS) is 1. The van der Waals surface area contributed by atoms with Gasteiger partial charge in [-0.1, -0.05) is 18.2 Å². The second kappa shape index (κ2) is 4.77. The van der Waals surface area contributed by atoms with Gasteiger partial charge in [-0.05, 0) is 44.7 Å². The molecule has 20 heavy (non-hydrogen) atoms. The minimum absolute atomic E-state index is 0.354. The first-order valence-electron chi connectivity index (χ1n) is 7.35. The number of rotatable bonds is 5. The lowest BCUT2D eigenvalue weighted by molar-refractivity contribution is -0.143. The van der Waals surface area contributed by atoms with Crippen LogP contribution in [-0.4, -0.2) is 35.2 Å². The number of anilines is 1. The lowest BCUT2D eigenvalue weighted by Crippen LogP contribution is -2.58. The molecule has 1 aliphatic carbocycles. The molecule has 2 N–H and O–H groups in total. The Morgan fingerprint density at radius 3 is 2.80 bits per heavy atom. The van der Waals surface area contributed by atoms with Crippen molar-refractivity contribution in [1.82, 2.24) is 5.32 Å². The second-order valence-corrected chi connectivity index (χ2v) is 6.37. The highest BCUT2D eigenvalue weighted by molar-refractivity contribution is 5.80. The van der Waals surface area contributed by atoms with Gasteiger partial charge in [0.15, 0.2) is 0 Å². The van der Waals surface area contributed by atoms with Crippen LogP contribution in [0.15, 0.2) is 24.3 Å². The van der Waals surface area contributed by atoms with Crippen LogP contribution in [0.5, 0.6) is 0 Å². The molecule has 1 aromatic carbocycles. The molecule has 0 radical (unpaired) electrons. The minimum Gasteiger partial charge on any atom is -0.480 e. The monoisotopic (exact) mass is 274 g/mol. The Morgan fingerprint density at radius 2 is 2.15 bits per heavy atom. The number of carbonyl (C=O) groups is 1. The van der Waals surface area contributed by atoms with E-state index >= 15 is 0 Å². The van der Waals surface area contributed by atoms with Crippen LogP contribution < -0.4 is 10.2 Å². The molecular weight excluding hydrogens is 252 g/mol. The van der Waals surface area contributed by atoms with Crippen LogP contribution in [0.4, 0.5) is 5.69 Å². The summed E-state index contributed by atoms with van der Waals surface area (Å²) in [6.45, 7) is 4.48. The van der Waals surface area contributed by atoms with E-state index < -0.39 is 11.5 Å². The lowest BCUT2D eigenvalue weighted by atomic mass is 10.0. The van der Waals surface area contributed by atoms with Crippen molar-refractivity contribution in [1.29, 1.82) is 0 Å². The fourth-order valence-corrected chi connectivity index (χ4v) is 3.06. The first kappa shape index (κ1) is 13.4. The number of nitrogens with zero attached hydrogens (tertiary/aromatic N) is 1. The molecule has 1 fully saturated rings. The van der Waals surface area contributed by atoms with E-state index in [9.17, 15) is 9.90 Å². The first-order chi connectivity index (χ1) is 9.49. The lowest BCUT2D eigenvalue weighted by Gasteiger charge is -2.35. The summed E-state index contributed by atoms with van der Waals surface area (Å²) in [7, 11) is 0. The van der Waals surface area contributed by atoms with Crippen LogP contribution in [0.25, 0.3) is 0 Å². The number of hydrogen-bond acceptors (Lipinski definition) is 3. The first-order valence-corrected chi connectivity index (χ1v) is 7.35. The van der Waals surface area contributed by atoms with Crippen molar-refractivity contribution in [2.24, 2.45) is 0 Å². The van der Waals surface area contributed by atoms with Crippen LogP contribution in [0.2, 0.25) is 0 Å². The molecule has 2 atom stereocenters. The van der Waals surface area contributed by atoms with E-state index in [-0.39, 0.29) is 0 Å². The van der Waals surface area contributed by atoms with Crippen molar-refractivity contribution in [3.8, 4) is 0 Å². The molecule has 0 aromatic heterocycles. The van der Waals surface area contributed by atoms with Gasteiger partial charge in [-0.15, -0.1) is 0 Å². The highest BCUT2D eigenvalue weighted by Crippen LogP contribution is 2.33. The maximum absolute atomic E-state index is 11.7. The summed E-state index contributed by atoms with van der Waals surface area (Å²) in [6, 6.07) is 9.04. The number of fused-ring (bicyclic) bond motifs is 1. The van der Waals surface area contributed by atoms with Gasteiger partial charge >= 0.3 is 5.97 Å². The molecule has 0 spiro atoms. The molecule has 2 aliphatic rings. The Bertz CT molecular complexity index is 527. The van der Waals surface area contributed by atoms with E-state index in [1.165, 1.54) is 11.3 Å². The molecule has 1 aliphatic heterocycles. The molecule has 3 rings (SSSR count). The van der Waals surface area contributed by atoms with Gasteiger partial charge in [-0.25, -0.2) is 0 Å². The Morgan fingerprint density at radius 1 is 1.45 bits per heavy atom. The van der Waals surface area contributed by atoms with E-state index in [1.807, 2.05) is 12.1 Å². The molecule has 4 heteroatoms. The number of benzene rings is 1. The summed E-state index contributed by atoms with van der Waals surface area (Å²) in [5.41, 5.74) is 1.62. The fraction of sp³-hybridized carbons (Fsp3) is 0.562. The summed E-state index contributed by atoms with van der Waals surface area (Å²) in [4.78, 5) is 13.9. The van der Waals surface area contributed by atoms with E-state index in [2.05, 4.69) is 29.3 Å². The van der Waals surface area contributed by atoms with Crippen LogP contribution in [0, 0.1) is 0 Å². The van der Waals surface area contributed by atoms with Crippen LogP contribution in [0.3, 0.4) is 0 Å². The van der Waals surface area contributed by atoms with Gasteiger partial charge < -0.3 is 10.0 Å². The molecule has 108 valence electrons. The van der Waals surface area contributed by atoms with Crippen molar-refractivity contribution in [3.05, 3.63) is 29.8 Å². The van der Waals surface area contributed by atoms with Crippen molar-refractivity contribution >= 4 is 11.7 Å². The Kier molecular flexibility index (Phi) is 3.21. The molecule has 4 nitrogen and oxygen atoms in total. The Labute approximate surface area is 119 Å². The molecule has 1 heterocycles. The summed E-state index contributed by atoms with van der Waals surface area (Å²) in [5, 5.41) is 12.9. The molecular formula is C16H22N2O2. The third kappa shape index (κ3) is 2.40. The van der Waals surface area contributed by atoms with E-state index in [0.29, 0.717) is 18.6 Å². The van der Waals surface area contributed by atoms with Crippen molar-refractivity contribution in [2.45, 2.75) is 50.7 Å². The third-order valence-electron chi connectivity index (χ3n) is 4.41. The van der Waals surface area contributed by atoms with Gasteiger partial charge in [0.2, 0.25) is 0 Å². The summed E-state index contributed by atoms with van der Waals surface area (Å²) >= 11 is 0. The maximum atomic E-state index is 11.7. The van der Waals surface area contributed by atoms with Crippen molar-refractivity contribution < 1.29 is 9.90 Å². The van der Waals surface area contributed by atoms with Crippen molar-refractivity contribution in [2.75, 3.05) is 11.4 Å². The summed E-state index contributed by atoms with van der Waals surface area (Å²) < 4.78 is 0. The summed E-state index contributed by atoms with van der Waals surface area (Å²) in [6.07, 6.45) is 3.18. The Balaban J connectivity index is 1.83. The zero-order valence-electron chi connectivity index (χ0n) is 12.1. The van der Waals surface area contributed by atoms with E-state index in [4.69, 9.17) is 0 Å². The summed E-state index contributed by atoms with van der Waals surface area (Å²) in [5.74, 6) is -0.763. The highest BCUT2D eigenvalue weighted by atomic mass is 16.4. The van der Waals surface area contributed by atoms with Gasteiger partial charge in [0.1, 0.15) is 5.54 Å². The number of carboxylic acids is 1. The number of aliphatic carboxylic acids is 1. The average Bonchev–Trinajstić information content (AvgIpc) is 3.15. The highest BCUT2D eigenvalue weighted by Gasteiger charge is 2.42. The standard InChI is InChI=1S/C16H22N2O2/c1-11-9-12-5-3-4-6-14(12)18(11)10-16(2,15(19)20)17-13-7-8-13/h3-6,11,13,17H,7-10H2,1-2H3,(H,19,20). The van der Waals surface area contributed by atoms with Gasteiger partial charge in [-0.2, -0.15) is 0 Å². The largest absolute Gasteiger partial charge is 0.480 e. The molecule has 1 saturated carbocycles. The van der Waals surface area contributed by atoms with Crippen molar-refractivity contribution in [3.63, 3.8) is 0 Å². The molecule has 0 bridgehead atoms. The zero-order valence-corrected chi connectivity index (χ0v) is 12.1. The minimum atomic E-state index is -0.882. The average molecular weight is 274 g/mol. The fourth-order valence-electron chi connectivity index (χ4n) is 3.06. The smallest absolute Gasteiger partial charge is 0.325 e. The maximum Gasteiger partial charge on any atom is 0.325 e. The normalized spacial score (nSPS) is 24.3. The predicted octanol–water partition coefficient (Wildman–Crippen LogP) is 2.03. The quantitative estimate of drug-likeness (QED) is 0.862. The second-order valence-electron chi connectivity index (χ2n) is 6.37. The number of hydrogen-bond donors (Lipinski definition) is 2. The Hall–Kier alpha value is -1.55. The van der Waals surface area contributed by atoms with Gasteiger partial charge in [0.05, 0.1) is 0 Å². The molecule has 1 aromatic rings. The van der Waals surface area contributed by atoms with E-state index in [1.54, 1.807) is 6.92 Å². The van der Waals surface area contributed by atoms with Gasteiger partial charge in [0, 0.05) is 24.3 Å². The van der Waals surface area contributed by atoms with Crippen LogP contribution in [-0.2, 0) is 11.2 Å². The van der Waals surface area contributed by atoms with Crippen LogP contribution >= 0.6 is 0 Å². The molecule has 0 saturated heterocycles. The number of para-hydroxylation sites is 1. The molecule has 0 amide bonds. The third-order valence-corrected chi connectivity index (χ3v) is 4.41.